The van der Waals surface area contributed by atoms with Gasteiger partial charge < -0.3 is 25.4 Å². The molecular weight excluding hydrogens is 498 g/mol. The van der Waals surface area contributed by atoms with Crippen molar-refractivity contribution in [2.75, 3.05) is 23.8 Å². The number of imidazole rings is 1. The molecule has 4 aromatic rings. The van der Waals surface area contributed by atoms with Crippen LogP contribution in [0.2, 0.25) is 0 Å². The summed E-state index contributed by atoms with van der Waals surface area (Å²) in [5.41, 5.74) is 4.01. The minimum Gasteiger partial charge on any atom is -0.508 e. The van der Waals surface area contributed by atoms with E-state index in [9.17, 15) is 13.9 Å². The van der Waals surface area contributed by atoms with Gasteiger partial charge in [-0.2, -0.15) is 0 Å². The maximum Gasteiger partial charge on any atom is 0.270 e. The number of hydrogen-bond donors (Lipinski definition) is 4. The maximum absolute atomic E-state index is 14.3. The zero-order valence-electron chi connectivity index (χ0n) is 21.7. The van der Waals surface area contributed by atoms with Gasteiger partial charge >= 0.3 is 0 Å². The normalized spacial score (nSPS) is 10.5. The van der Waals surface area contributed by atoms with Crippen LogP contribution in [0.4, 0.5) is 26.1 Å². The number of benzene rings is 3. The molecule has 1 aromatic heterocycles. The highest BCUT2D eigenvalue weighted by molar-refractivity contribution is 5.83. The van der Waals surface area contributed by atoms with E-state index in [4.69, 9.17) is 10.1 Å². The second-order valence-corrected chi connectivity index (χ2v) is 8.42. The lowest BCUT2D eigenvalue weighted by Crippen LogP contribution is -2.14. The standard InChI is InChI=1S/C27H28F2N4O2.2C2H2/c1-18(35)19-8-13-25-24(16-19)32-26(31-22-11-9-21(10-12-22)30-14-5-15-34)33(25)17-20-6-3-4-7-23(20)27(2,28)29;2*1-2/h3-4,6-13,16,30,34-35H,1,5,14-15,17H2,2H3,(H,31,32);2*1-2H. The molecule has 4 N–H and O–H groups in total. The number of aliphatic hydroxyl groups excluding tert-OH is 2. The van der Waals surface area contributed by atoms with Crippen LogP contribution in [-0.2, 0) is 12.5 Å². The predicted octanol–water partition coefficient (Wildman–Crippen LogP) is 6.76. The van der Waals surface area contributed by atoms with E-state index >= 15 is 0 Å². The first-order valence-electron chi connectivity index (χ1n) is 12.0. The van der Waals surface area contributed by atoms with Gasteiger partial charge in [-0.25, -0.2) is 13.8 Å². The van der Waals surface area contributed by atoms with Crippen molar-refractivity contribution in [3.8, 4) is 25.7 Å². The number of rotatable bonds is 10. The third-order valence-corrected chi connectivity index (χ3v) is 5.71. The van der Waals surface area contributed by atoms with Crippen LogP contribution in [0.15, 0.2) is 73.3 Å². The Bertz CT molecular complexity index is 1410. The molecule has 0 aliphatic carbocycles. The molecule has 0 unspecified atom stereocenters. The van der Waals surface area contributed by atoms with Crippen molar-refractivity contribution in [1.29, 1.82) is 0 Å². The van der Waals surface area contributed by atoms with E-state index in [1.807, 2.05) is 28.8 Å². The number of anilines is 3. The molecule has 0 fully saturated rings. The monoisotopic (exact) mass is 530 g/mol. The fraction of sp³-hybridized carbons (Fsp3) is 0.194. The zero-order chi connectivity index (χ0) is 29.0. The SMILES string of the molecule is C#C.C#C.C=C(O)c1ccc2c(c1)nc(Nc1ccc(NCCCO)cc1)n2Cc1ccccc1C(C)(F)F. The van der Waals surface area contributed by atoms with Crippen molar-refractivity contribution in [1.82, 2.24) is 9.55 Å². The van der Waals surface area contributed by atoms with Crippen LogP contribution in [0, 0.1) is 25.7 Å². The Balaban J connectivity index is 0.00000127. The van der Waals surface area contributed by atoms with Gasteiger partial charge in [0.15, 0.2) is 0 Å². The van der Waals surface area contributed by atoms with Gasteiger partial charge in [-0.05, 0) is 54.4 Å². The molecule has 0 atom stereocenters. The highest BCUT2D eigenvalue weighted by Crippen LogP contribution is 2.32. The first-order valence-corrected chi connectivity index (χ1v) is 12.0. The maximum atomic E-state index is 14.3. The quantitative estimate of drug-likeness (QED) is 0.103. The summed E-state index contributed by atoms with van der Waals surface area (Å²) in [5.74, 6) is -2.58. The summed E-state index contributed by atoms with van der Waals surface area (Å²) in [6.07, 6.45) is 16.7. The summed E-state index contributed by atoms with van der Waals surface area (Å²) < 4.78 is 30.4. The van der Waals surface area contributed by atoms with Gasteiger partial charge in [0.05, 0.1) is 17.6 Å². The minimum absolute atomic E-state index is 0.0357. The van der Waals surface area contributed by atoms with Crippen molar-refractivity contribution >= 4 is 34.1 Å². The van der Waals surface area contributed by atoms with Gasteiger partial charge in [0, 0.05) is 42.6 Å². The summed E-state index contributed by atoms with van der Waals surface area (Å²) in [6.45, 7) is 5.44. The molecule has 0 amide bonds. The number of halogens is 2. The molecule has 4 rings (SSSR count). The fourth-order valence-electron chi connectivity index (χ4n) is 3.93. The molecule has 0 aliphatic rings. The molecule has 0 spiro atoms. The van der Waals surface area contributed by atoms with Gasteiger partial charge in [0.25, 0.3) is 5.92 Å². The molecule has 0 bridgehead atoms. The van der Waals surface area contributed by atoms with E-state index < -0.39 is 5.92 Å². The van der Waals surface area contributed by atoms with Gasteiger partial charge in [-0.15, -0.1) is 25.7 Å². The van der Waals surface area contributed by atoms with E-state index in [1.165, 1.54) is 6.07 Å². The van der Waals surface area contributed by atoms with Crippen LogP contribution in [0.3, 0.4) is 0 Å². The van der Waals surface area contributed by atoms with Crippen molar-refractivity contribution in [2.45, 2.75) is 25.8 Å². The number of nitrogens with one attached hydrogen (secondary N) is 2. The Morgan fingerprint density at radius 3 is 2.26 bits per heavy atom. The predicted molar refractivity (Wildman–Crippen MR) is 156 cm³/mol. The van der Waals surface area contributed by atoms with Gasteiger partial charge in [0.2, 0.25) is 5.95 Å². The van der Waals surface area contributed by atoms with Crippen LogP contribution < -0.4 is 10.6 Å². The summed E-state index contributed by atoms with van der Waals surface area (Å²) in [4.78, 5) is 4.69. The Morgan fingerprint density at radius 1 is 1.00 bits per heavy atom. The van der Waals surface area contributed by atoms with Crippen molar-refractivity contribution in [3.05, 3.63) is 90.0 Å². The van der Waals surface area contributed by atoms with Crippen LogP contribution in [-0.4, -0.2) is 32.9 Å². The van der Waals surface area contributed by atoms with Crippen LogP contribution in [0.5, 0.6) is 0 Å². The molecule has 0 saturated carbocycles. The van der Waals surface area contributed by atoms with Crippen LogP contribution in [0.1, 0.15) is 30.0 Å². The first kappa shape index (κ1) is 30.4. The highest BCUT2D eigenvalue weighted by atomic mass is 19.3. The van der Waals surface area contributed by atoms with E-state index in [0.717, 1.165) is 23.8 Å². The lowest BCUT2D eigenvalue weighted by atomic mass is 10.0. The summed E-state index contributed by atoms with van der Waals surface area (Å²) in [6, 6.07) is 19.3. The van der Waals surface area contributed by atoms with E-state index in [1.54, 1.807) is 36.4 Å². The molecule has 0 radical (unpaired) electrons. The lowest BCUT2D eigenvalue weighted by molar-refractivity contribution is 0.0165. The average molecular weight is 531 g/mol. The van der Waals surface area contributed by atoms with Gasteiger partial charge in [-0.1, -0.05) is 30.8 Å². The number of aromatic nitrogens is 2. The highest BCUT2D eigenvalue weighted by Gasteiger charge is 2.27. The molecule has 0 aliphatic heterocycles. The fourth-order valence-corrected chi connectivity index (χ4v) is 3.93. The Hall–Kier alpha value is -4.79. The second kappa shape index (κ2) is 14.2. The molecule has 1 heterocycles. The van der Waals surface area contributed by atoms with Crippen LogP contribution in [0.25, 0.3) is 16.8 Å². The largest absolute Gasteiger partial charge is 0.508 e. The number of hydrogen-bond acceptors (Lipinski definition) is 5. The summed E-state index contributed by atoms with van der Waals surface area (Å²) >= 11 is 0. The lowest BCUT2D eigenvalue weighted by Gasteiger charge is -2.18. The number of fused-ring (bicyclic) bond motifs is 1. The molecule has 3 aromatic carbocycles. The van der Waals surface area contributed by atoms with Crippen LogP contribution >= 0.6 is 0 Å². The smallest absolute Gasteiger partial charge is 0.270 e. The topological polar surface area (TPSA) is 82.3 Å². The van der Waals surface area contributed by atoms with E-state index in [2.05, 4.69) is 42.9 Å². The summed E-state index contributed by atoms with van der Waals surface area (Å²) in [7, 11) is 0. The van der Waals surface area contributed by atoms with E-state index in [-0.39, 0.29) is 24.5 Å². The zero-order valence-corrected chi connectivity index (χ0v) is 21.7. The molecule has 6 nitrogen and oxygen atoms in total. The Labute approximate surface area is 228 Å². The molecule has 39 heavy (non-hydrogen) atoms. The Morgan fingerprint density at radius 2 is 1.64 bits per heavy atom. The second-order valence-electron chi connectivity index (χ2n) is 8.42. The van der Waals surface area contributed by atoms with Crippen molar-refractivity contribution in [3.63, 3.8) is 0 Å². The number of nitrogens with zero attached hydrogens (tertiary/aromatic N) is 2. The number of terminal acetylenes is 2. The molecular formula is C31H32F2N4O2. The van der Waals surface area contributed by atoms with Crippen molar-refractivity contribution < 1.29 is 19.0 Å². The average Bonchev–Trinajstić information content (AvgIpc) is 3.27. The van der Waals surface area contributed by atoms with Crippen molar-refractivity contribution in [2.24, 2.45) is 0 Å². The first-order chi connectivity index (χ1) is 18.8. The third kappa shape index (κ3) is 7.85. The minimum atomic E-state index is -2.98. The molecule has 0 saturated heterocycles. The Kier molecular flexibility index (Phi) is 11.1. The molecule has 202 valence electrons. The van der Waals surface area contributed by atoms with E-state index in [0.29, 0.717) is 35.6 Å². The number of aliphatic hydroxyl groups is 2. The molecule has 8 heteroatoms. The number of alkyl halides is 2. The van der Waals surface area contributed by atoms with Gasteiger partial charge in [0.1, 0.15) is 5.76 Å². The third-order valence-electron chi connectivity index (χ3n) is 5.71. The van der Waals surface area contributed by atoms with Gasteiger partial charge in [-0.3, -0.25) is 0 Å². The summed E-state index contributed by atoms with van der Waals surface area (Å²) in [5, 5.41) is 25.3.